The third-order valence-corrected chi connectivity index (χ3v) is 5.96. The van der Waals surface area contributed by atoms with Gasteiger partial charge in [0.05, 0.1) is 18.8 Å². The average Bonchev–Trinajstić information content (AvgIpc) is 3.40. The Morgan fingerprint density at radius 3 is 2.45 bits per heavy atom. The number of nitrogens with one attached hydrogen (secondary N) is 1. The molecule has 2 aliphatic rings. The minimum absolute atomic E-state index is 0.00885. The zero-order chi connectivity index (χ0) is 20.7. The molecule has 1 N–H and O–H groups in total. The molecule has 4 rings (SSSR count). The van der Waals surface area contributed by atoms with Gasteiger partial charge in [0, 0.05) is 45.6 Å². The number of rotatable bonds is 3. The van der Waals surface area contributed by atoms with Crippen LogP contribution < -0.4 is 4.74 Å². The second-order valence-electron chi connectivity index (χ2n) is 7.94. The number of aryl methyl sites for hydroxylation is 1. The summed E-state index contributed by atoms with van der Waals surface area (Å²) in [4.78, 5) is 31.1. The SMILES string of the molecule is COc1ccc([C@H]2[C@@H]3CN(C(=O)c4n[nH]nc4C)C[C@@H]3CN2C(=O)N(C)C)cc1. The smallest absolute Gasteiger partial charge is 0.320 e. The summed E-state index contributed by atoms with van der Waals surface area (Å²) in [5.74, 6) is 1.06. The van der Waals surface area contributed by atoms with E-state index in [0.29, 0.717) is 31.0 Å². The number of fused-ring (bicyclic) bond motifs is 1. The van der Waals surface area contributed by atoms with Gasteiger partial charge in [0.25, 0.3) is 5.91 Å². The number of aromatic nitrogens is 3. The number of hydrogen-bond donors (Lipinski definition) is 1. The molecule has 1 aromatic carbocycles. The molecule has 3 atom stereocenters. The third-order valence-electron chi connectivity index (χ3n) is 5.96. The van der Waals surface area contributed by atoms with Gasteiger partial charge < -0.3 is 19.4 Å². The lowest BCUT2D eigenvalue weighted by Gasteiger charge is -2.31. The number of urea groups is 1. The fraction of sp³-hybridized carbons (Fsp3) is 0.500. The molecule has 0 bridgehead atoms. The maximum Gasteiger partial charge on any atom is 0.320 e. The fourth-order valence-corrected chi connectivity index (χ4v) is 4.53. The van der Waals surface area contributed by atoms with Gasteiger partial charge in [-0.15, -0.1) is 0 Å². The van der Waals surface area contributed by atoms with E-state index in [2.05, 4.69) is 15.4 Å². The molecule has 2 aliphatic heterocycles. The van der Waals surface area contributed by atoms with Crippen molar-refractivity contribution in [3.05, 3.63) is 41.2 Å². The second kappa shape index (κ2) is 7.38. The van der Waals surface area contributed by atoms with Crippen LogP contribution in [0, 0.1) is 18.8 Å². The van der Waals surface area contributed by atoms with E-state index in [1.54, 1.807) is 33.0 Å². The van der Waals surface area contributed by atoms with Crippen LogP contribution >= 0.6 is 0 Å². The monoisotopic (exact) mass is 398 g/mol. The topological polar surface area (TPSA) is 94.7 Å². The summed E-state index contributed by atoms with van der Waals surface area (Å²) in [7, 11) is 5.17. The van der Waals surface area contributed by atoms with Gasteiger partial charge >= 0.3 is 6.03 Å². The first-order chi connectivity index (χ1) is 13.9. The van der Waals surface area contributed by atoms with E-state index in [9.17, 15) is 9.59 Å². The molecule has 2 aromatic rings. The van der Waals surface area contributed by atoms with Crippen molar-refractivity contribution in [3.63, 3.8) is 0 Å². The van der Waals surface area contributed by atoms with Crippen molar-refractivity contribution in [2.75, 3.05) is 40.8 Å². The van der Waals surface area contributed by atoms with Crippen molar-refractivity contribution in [1.82, 2.24) is 30.1 Å². The van der Waals surface area contributed by atoms with E-state index in [1.165, 1.54) is 0 Å². The summed E-state index contributed by atoms with van der Waals surface area (Å²) >= 11 is 0. The summed E-state index contributed by atoms with van der Waals surface area (Å²) in [5, 5.41) is 10.5. The number of nitrogens with zero attached hydrogens (tertiary/aromatic N) is 5. The Morgan fingerprint density at radius 2 is 1.86 bits per heavy atom. The van der Waals surface area contributed by atoms with E-state index in [0.717, 1.165) is 11.3 Å². The van der Waals surface area contributed by atoms with Gasteiger partial charge in [-0.05, 0) is 24.6 Å². The molecule has 0 spiro atoms. The number of hydrogen-bond acceptors (Lipinski definition) is 5. The van der Waals surface area contributed by atoms with Crippen LogP contribution in [0.1, 0.15) is 27.8 Å². The lowest BCUT2D eigenvalue weighted by atomic mass is 9.89. The molecular formula is C20H26N6O3. The number of aromatic amines is 1. The van der Waals surface area contributed by atoms with E-state index in [-0.39, 0.29) is 29.8 Å². The van der Waals surface area contributed by atoms with Gasteiger partial charge in [0.15, 0.2) is 5.69 Å². The largest absolute Gasteiger partial charge is 0.497 e. The lowest BCUT2D eigenvalue weighted by Crippen LogP contribution is -2.42. The van der Waals surface area contributed by atoms with Crippen LogP contribution in [0.5, 0.6) is 5.75 Å². The summed E-state index contributed by atoms with van der Waals surface area (Å²) in [5.41, 5.74) is 2.02. The quantitative estimate of drug-likeness (QED) is 0.847. The van der Waals surface area contributed by atoms with Crippen LogP contribution in [0.3, 0.4) is 0 Å². The molecule has 3 amide bonds. The van der Waals surface area contributed by atoms with E-state index in [4.69, 9.17) is 4.74 Å². The van der Waals surface area contributed by atoms with E-state index >= 15 is 0 Å². The number of carbonyl (C=O) groups excluding carboxylic acids is 2. The third kappa shape index (κ3) is 3.30. The Bertz CT molecular complexity index is 909. The Balaban J connectivity index is 1.61. The second-order valence-corrected chi connectivity index (χ2v) is 7.94. The highest BCUT2D eigenvalue weighted by molar-refractivity contribution is 5.93. The molecule has 0 radical (unpaired) electrons. The normalized spacial score (nSPS) is 23.2. The minimum atomic E-state index is -0.107. The van der Waals surface area contributed by atoms with E-state index in [1.807, 2.05) is 34.1 Å². The highest BCUT2D eigenvalue weighted by Crippen LogP contribution is 2.45. The lowest BCUT2D eigenvalue weighted by molar-refractivity contribution is 0.0760. The molecule has 2 fully saturated rings. The van der Waals surface area contributed by atoms with Gasteiger partial charge in [-0.1, -0.05) is 12.1 Å². The Hall–Kier alpha value is -3.10. The fourth-order valence-electron chi connectivity index (χ4n) is 4.53. The number of methoxy groups -OCH3 is 1. The van der Waals surface area contributed by atoms with Crippen LogP contribution in [-0.2, 0) is 0 Å². The number of carbonyl (C=O) groups is 2. The first kappa shape index (κ1) is 19.2. The van der Waals surface area contributed by atoms with Crippen LogP contribution in [0.2, 0.25) is 0 Å². The molecule has 154 valence electrons. The molecular weight excluding hydrogens is 372 g/mol. The predicted molar refractivity (Wildman–Crippen MR) is 106 cm³/mol. The number of ether oxygens (including phenoxy) is 1. The molecule has 0 saturated carbocycles. The van der Waals surface area contributed by atoms with Gasteiger partial charge in [-0.2, -0.15) is 15.4 Å². The van der Waals surface area contributed by atoms with Crippen LogP contribution in [0.25, 0.3) is 0 Å². The molecule has 9 heteroatoms. The Labute approximate surface area is 169 Å². The van der Waals surface area contributed by atoms with Gasteiger partial charge in [0.2, 0.25) is 0 Å². The zero-order valence-electron chi connectivity index (χ0n) is 17.1. The first-order valence-corrected chi connectivity index (χ1v) is 9.69. The average molecular weight is 398 g/mol. The highest BCUT2D eigenvalue weighted by Gasteiger charge is 2.50. The minimum Gasteiger partial charge on any atom is -0.497 e. The maximum atomic E-state index is 12.9. The van der Waals surface area contributed by atoms with Crippen LogP contribution in [0.15, 0.2) is 24.3 Å². The van der Waals surface area contributed by atoms with Crippen molar-refractivity contribution < 1.29 is 14.3 Å². The number of benzene rings is 1. The summed E-state index contributed by atoms with van der Waals surface area (Å²) in [6.45, 7) is 3.59. The van der Waals surface area contributed by atoms with Crippen LogP contribution in [-0.4, -0.2) is 82.9 Å². The molecule has 0 aliphatic carbocycles. The van der Waals surface area contributed by atoms with Crippen LogP contribution in [0.4, 0.5) is 4.79 Å². The number of amides is 3. The van der Waals surface area contributed by atoms with Gasteiger partial charge in [-0.25, -0.2) is 4.79 Å². The summed E-state index contributed by atoms with van der Waals surface area (Å²) in [6.07, 6.45) is 0. The Morgan fingerprint density at radius 1 is 1.14 bits per heavy atom. The molecule has 2 saturated heterocycles. The van der Waals surface area contributed by atoms with E-state index < -0.39 is 0 Å². The highest BCUT2D eigenvalue weighted by atomic mass is 16.5. The van der Waals surface area contributed by atoms with Crippen molar-refractivity contribution in [2.45, 2.75) is 13.0 Å². The standard InChI is InChI=1S/C20H26N6O3/c1-12-17(22-23-21-12)19(27)25-9-14-10-26(20(28)24(2)3)18(16(14)11-25)13-5-7-15(29-4)8-6-13/h5-8,14,16,18H,9-11H2,1-4H3,(H,21,22,23)/t14-,16-,18+/m1/s1. The zero-order valence-corrected chi connectivity index (χ0v) is 17.1. The Kier molecular flexibility index (Phi) is 4.89. The molecule has 1 aromatic heterocycles. The summed E-state index contributed by atoms with van der Waals surface area (Å²) in [6, 6.07) is 7.75. The van der Waals surface area contributed by atoms with Gasteiger partial charge in [-0.3, -0.25) is 4.79 Å². The maximum absolute atomic E-state index is 12.9. The van der Waals surface area contributed by atoms with Crippen molar-refractivity contribution in [2.24, 2.45) is 11.8 Å². The first-order valence-electron chi connectivity index (χ1n) is 9.69. The molecule has 3 heterocycles. The van der Waals surface area contributed by atoms with Crippen molar-refractivity contribution in [3.8, 4) is 5.75 Å². The van der Waals surface area contributed by atoms with Gasteiger partial charge in [0.1, 0.15) is 5.75 Å². The molecule has 9 nitrogen and oxygen atoms in total. The van der Waals surface area contributed by atoms with Crippen molar-refractivity contribution in [1.29, 1.82) is 0 Å². The number of likely N-dealkylation sites (tertiary alicyclic amines) is 2. The number of H-pyrrole nitrogens is 1. The van der Waals surface area contributed by atoms with Crippen molar-refractivity contribution >= 4 is 11.9 Å². The summed E-state index contributed by atoms with van der Waals surface area (Å²) < 4.78 is 5.27. The molecule has 29 heavy (non-hydrogen) atoms. The predicted octanol–water partition coefficient (Wildman–Crippen LogP) is 1.55. The molecule has 0 unspecified atom stereocenters.